The minimum absolute atomic E-state index is 0.919. The highest BCUT2D eigenvalue weighted by Crippen LogP contribution is 2.41. The lowest BCUT2D eigenvalue weighted by molar-refractivity contribution is 0.669. The third-order valence-corrected chi connectivity index (χ3v) is 8.36. The molecule has 2 heterocycles. The van der Waals surface area contributed by atoms with Gasteiger partial charge in [0.15, 0.2) is 0 Å². The Morgan fingerprint density at radius 3 is 1.73 bits per heavy atom. The normalized spacial score (nSPS) is 12.0. The van der Waals surface area contributed by atoms with E-state index in [9.17, 15) is 0 Å². The molecule has 0 spiro atoms. The molecule has 186 valence electrons. The molecule has 2 aromatic heterocycles. The lowest BCUT2D eigenvalue weighted by Crippen LogP contribution is -1.94. The van der Waals surface area contributed by atoms with Crippen molar-refractivity contribution in [3.05, 3.63) is 140 Å². The molecule has 9 rings (SSSR count). The largest absolute Gasteiger partial charge is 0.456 e. The Hall–Kier alpha value is -5.34. The second-order valence-electron chi connectivity index (χ2n) is 10.6. The lowest BCUT2D eigenvalue weighted by Gasteiger charge is -2.11. The van der Waals surface area contributed by atoms with Crippen LogP contribution < -0.4 is 0 Å². The minimum Gasteiger partial charge on any atom is -0.456 e. The van der Waals surface area contributed by atoms with Crippen LogP contribution in [0.1, 0.15) is 0 Å². The number of hydrogen-bond acceptors (Lipinski definition) is 1. The summed E-state index contributed by atoms with van der Waals surface area (Å²) in [6.07, 6.45) is 0. The van der Waals surface area contributed by atoms with E-state index in [0.29, 0.717) is 0 Å². The predicted molar refractivity (Wildman–Crippen MR) is 169 cm³/mol. The van der Waals surface area contributed by atoms with Crippen LogP contribution >= 0.6 is 0 Å². The van der Waals surface area contributed by atoms with Crippen LogP contribution in [-0.4, -0.2) is 4.57 Å². The summed E-state index contributed by atoms with van der Waals surface area (Å²) in [5.74, 6) is 0. The number of benzene rings is 7. The first kappa shape index (κ1) is 21.6. The molecule has 40 heavy (non-hydrogen) atoms. The molecule has 0 N–H and O–H groups in total. The Labute approximate surface area is 230 Å². The molecule has 0 radical (unpaired) electrons. The van der Waals surface area contributed by atoms with E-state index in [2.05, 4.69) is 132 Å². The molecule has 0 atom stereocenters. The summed E-state index contributed by atoms with van der Waals surface area (Å²) in [4.78, 5) is 0. The number of aromatic nitrogens is 1. The quantitative estimate of drug-likeness (QED) is 0.227. The van der Waals surface area contributed by atoms with Crippen LogP contribution in [0.2, 0.25) is 0 Å². The Morgan fingerprint density at radius 1 is 0.400 bits per heavy atom. The molecule has 0 aliphatic carbocycles. The number of fused-ring (bicyclic) bond motifs is 10. The van der Waals surface area contributed by atoms with Crippen molar-refractivity contribution >= 4 is 65.3 Å². The van der Waals surface area contributed by atoms with Gasteiger partial charge in [0.2, 0.25) is 0 Å². The maximum absolute atomic E-state index is 6.09. The van der Waals surface area contributed by atoms with Crippen molar-refractivity contribution < 1.29 is 4.42 Å². The lowest BCUT2D eigenvalue weighted by atomic mass is 10.00. The summed E-state index contributed by atoms with van der Waals surface area (Å²) >= 11 is 0. The van der Waals surface area contributed by atoms with Gasteiger partial charge in [-0.25, -0.2) is 0 Å². The van der Waals surface area contributed by atoms with Gasteiger partial charge in [-0.2, -0.15) is 0 Å². The third-order valence-electron chi connectivity index (χ3n) is 8.36. The van der Waals surface area contributed by atoms with Gasteiger partial charge in [0.1, 0.15) is 11.2 Å². The second kappa shape index (κ2) is 8.08. The molecule has 2 nitrogen and oxygen atoms in total. The van der Waals surface area contributed by atoms with E-state index in [-0.39, 0.29) is 0 Å². The Bertz CT molecular complexity index is 2350. The minimum atomic E-state index is 0.919. The van der Waals surface area contributed by atoms with Crippen LogP contribution in [-0.2, 0) is 0 Å². The predicted octanol–water partition coefficient (Wildman–Crippen LogP) is 10.7. The molecule has 0 aliphatic heterocycles. The average Bonchev–Trinajstić information content (AvgIpc) is 3.57. The fraction of sp³-hybridized carbons (Fsp3) is 0. The number of nitrogens with zero attached hydrogens (tertiary/aromatic N) is 1. The smallest absolute Gasteiger partial charge is 0.135 e. The number of hydrogen-bond donors (Lipinski definition) is 0. The standard InChI is InChI=1S/C38H23NO/c1-3-12-29-24(8-1)16-19-33-37(29)38-30-13-4-2-9-25(30)17-20-34(38)39(33)28-11-7-10-26(22-28)27-18-21-36-32(23-27)31-14-5-6-15-35(31)40-36/h1-23H. The molecule has 7 aromatic carbocycles. The van der Waals surface area contributed by atoms with E-state index < -0.39 is 0 Å². The van der Waals surface area contributed by atoms with Gasteiger partial charge in [0.25, 0.3) is 0 Å². The Morgan fingerprint density at radius 2 is 1.00 bits per heavy atom. The highest BCUT2D eigenvalue weighted by atomic mass is 16.3. The first-order valence-electron chi connectivity index (χ1n) is 13.7. The summed E-state index contributed by atoms with van der Waals surface area (Å²) in [5, 5.41) is 10.0. The van der Waals surface area contributed by atoms with Crippen LogP contribution in [0.3, 0.4) is 0 Å². The molecule has 0 aliphatic rings. The van der Waals surface area contributed by atoms with E-state index in [4.69, 9.17) is 4.42 Å². The van der Waals surface area contributed by atoms with Gasteiger partial charge in [-0.05, 0) is 75.1 Å². The maximum Gasteiger partial charge on any atom is 0.135 e. The summed E-state index contributed by atoms with van der Waals surface area (Å²) in [6.45, 7) is 0. The first-order chi connectivity index (χ1) is 19.8. The molecule has 0 saturated carbocycles. The molecule has 9 aromatic rings. The van der Waals surface area contributed by atoms with Crippen molar-refractivity contribution in [2.75, 3.05) is 0 Å². The summed E-state index contributed by atoms with van der Waals surface area (Å²) in [5.41, 5.74) is 7.80. The highest BCUT2D eigenvalue weighted by Gasteiger charge is 2.17. The van der Waals surface area contributed by atoms with Crippen LogP contribution in [0, 0.1) is 0 Å². The van der Waals surface area contributed by atoms with Gasteiger partial charge < -0.3 is 8.98 Å². The topological polar surface area (TPSA) is 18.1 Å². The third kappa shape index (κ3) is 2.99. The van der Waals surface area contributed by atoms with Gasteiger partial charge in [-0.1, -0.05) is 97.1 Å². The van der Waals surface area contributed by atoms with E-state index in [0.717, 1.165) is 27.6 Å². The van der Waals surface area contributed by atoms with Crippen LogP contribution in [0.15, 0.2) is 144 Å². The molecule has 0 bridgehead atoms. The molecule has 0 fully saturated rings. The second-order valence-corrected chi connectivity index (χ2v) is 10.6. The van der Waals surface area contributed by atoms with Gasteiger partial charge in [-0.3, -0.25) is 0 Å². The van der Waals surface area contributed by atoms with E-state index in [1.54, 1.807) is 0 Å². The zero-order chi connectivity index (χ0) is 26.2. The molecule has 0 saturated heterocycles. The zero-order valence-electron chi connectivity index (χ0n) is 21.6. The first-order valence-corrected chi connectivity index (χ1v) is 13.7. The zero-order valence-corrected chi connectivity index (χ0v) is 21.6. The van der Waals surface area contributed by atoms with Crippen LogP contribution in [0.4, 0.5) is 0 Å². The molecule has 2 heteroatoms. The number of rotatable bonds is 2. The van der Waals surface area contributed by atoms with E-state index in [1.165, 1.54) is 54.5 Å². The van der Waals surface area contributed by atoms with Crippen molar-refractivity contribution in [1.82, 2.24) is 4.57 Å². The summed E-state index contributed by atoms with van der Waals surface area (Å²) < 4.78 is 8.52. The molecule has 0 amide bonds. The van der Waals surface area contributed by atoms with E-state index in [1.807, 2.05) is 12.1 Å². The fourth-order valence-corrected chi connectivity index (χ4v) is 6.56. The monoisotopic (exact) mass is 509 g/mol. The van der Waals surface area contributed by atoms with Gasteiger partial charge >= 0.3 is 0 Å². The van der Waals surface area contributed by atoms with Gasteiger partial charge in [-0.15, -0.1) is 0 Å². The van der Waals surface area contributed by atoms with Gasteiger partial charge in [0.05, 0.1) is 11.0 Å². The van der Waals surface area contributed by atoms with Crippen LogP contribution in [0.5, 0.6) is 0 Å². The van der Waals surface area contributed by atoms with E-state index >= 15 is 0 Å². The van der Waals surface area contributed by atoms with Crippen molar-refractivity contribution in [3.63, 3.8) is 0 Å². The Balaban J connectivity index is 1.34. The van der Waals surface area contributed by atoms with Crippen molar-refractivity contribution in [3.8, 4) is 16.8 Å². The fourth-order valence-electron chi connectivity index (χ4n) is 6.56. The van der Waals surface area contributed by atoms with Gasteiger partial charge in [0, 0.05) is 27.2 Å². The number of para-hydroxylation sites is 1. The van der Waals surface area contributed by atoms with Crippen molar-refractivity contribution in [1.29, 1.82) is 0 Å². The summed E-state index contributed by atoms with van der Waals surface area (Å²) in [6, 6.07) is 50.2. The van der Waals surface area contributed by atoms with Crippen molar-refractivity contribution in [2.24, 2.45) is 0 Å². The maximum atomic E-state index is 6.09. The number of furan rings is 1. The SMILES string of the molecule is c1cc(-c2ccc3oc4ccccc4c3c2)cc(-n2c3ccc4ccccc4c3c3c4ccccc4ccc32)c1. The van der Waals surface area contributed by atoms with Crippen molar-refractivity contribution in [2.45, 2.75) is 0 Å². The molecular weight excluding hydrogens is 486 g/mol. The Kier molecular flexibility index (Phi) is 4.36. The summed E-state index contributed by atoms with van der Waals surface area (Å²) in [7, 11) is 0. The highest BCUT2D eigenvalue weighted by molar-refractivity contribution is 6.28. The molecular formula is C38H23NO. The average molecular weight is 510 g/mol. The molecule has 0 unspecified atom stereocenters. The van der Waals surface area contributed by atoms with Crippen LogP contribution in [0.25, 0.3) is 82.1 Å².